The summed E-state index contributed by atoms with van der Waals surface area (Å²) in [6.07, 6.45) is 11.8. The van der Waals surface area contributed by atoms with Crippen LogP contribution in [0.2, 0.25) is 0 Å². The van der Waals surface area contributed by atoms with Crippen LogP contribution < -0.4 is 30.3 Å². The lowest BCUT2D eigenvalue weighted by Gasteiger charge is -2.19. The summed E-state index contributed by atoms with van der Waals surface area (Å²) in [5.41, 5.74) is 3.95. The van der Waals surface area contributed by atoms with E-state index in [9.17, 15) is 19.2 Å². The van der Waals surface area contributed by atoms with E-state index in [-0.39, 0.29) is 18.1 Å². The summed E-state index contributed by atoms with van der Waals surface area (Å²) < 4.78 is 21.2. The van der Waals surface area contributed by atoms with Crippen molar-refractivity contribution >= 4 is 35.6 Å². The molecule has 12 nitrogen and oxygen atoms in total. The fourth-order valence-corrected chi connectivity index (χ4v) is 5.96. The second-order valence-electron chi connectivity index (χ2n) is 14.3. The van der Waals surface area contributed by atoms with Gasteiger partial charge in [0.25, 0.3) is 5.91 Å². The minimum atomic E-state index is -1.01. The van der Waals surface area contributed by atoms with Gasteiger partial charge in [-0.2, -0.15) is 0 Å². The second-order valence-corrected chi connectivity index (χ2v) is 14.3. The van der Waals surface area contributed by atoms with Crippen LogP contribution in [0.3, 0.4) is 0 Å². The van der Waals surface area contributed by atoms with Crippen molar-refractivity contribution in [3.8, 4) is 17.2 Å². The van der Waals surface area contributed by atoms with Gasteiger partial charge in [-0.15, -0.1) is 0 Å². The lowest BCUT2D eigenvalue weighted by atomic mass is 9.98. The molecule has 0 spiro atoms. The molecule has 3 N–H and O–H groups in total. The third kappa shape index (κ3) is 14.2. The van der Waals surface area contributed by atoms with E-state index in [0.29, 0.717) is 46.4 Å². The number of carbonyl (C=O) groups excluding carboxylic acids is 4. The maximum atomic E-state index is 13.7. The van der Waals surface area contributed by atoms with E-state index in [4.69, 9.17) is 23.8 Å². The van der Waals surface area contributed by atoms with Crippen molar-refractivity contribution in [3.63, 3.8) is 0 Å². The number of rotatable bonds is 14. The minimum absolute atomic E-state index is 0.111. The second kappa shape index (κ2) is 20.8. The summed E-state index contributed by atoms with van der Waals surface area (Å²) in [6.45, 7) is 5.69. The maximum absolute atomic E-state index is 13.7. The van der Waals surface area contributed by atoms with Crippen LogP contribution in [0, 0.1) is 5.92 Å². The fourth-order valence-electron chi connectivity index (χ4n) is 5.96. The number of amides is 3. The zero-order valence-corrected chi connectivity index (χ0v) is 31.9. The Bertz CT molecular complexity index is 1710. The lowest BCUT2D eigenvalue weighted by molar-refractivity contribution is -0.123. The van der Waals surface area contributed by atoms with Gasteiger partial charge in [0.2, 0.25) is 11.8 Å². The Morgan fingerprint density at radius 3 is 2.09 bits per heavy atom. The first-order chi connectivity index (χ1) is 25.9. The van der Waals surface area contributed by atoms with Gasteiger partial charge in [0.05, 0.1) is 20.8 Å². The molecule has 1 aliphatic carbocycles. The number of carbonyl (C=O) groups is 4. The van der Waals surface area contributed by atoms with Crippen molar-refractivity contribution < 1.29 is 43.0 Å². The van der Waals surface area contributed by atoms with Crippen LogP contribution in [0.1, 0.15) is 93.6 Å². The summed E-state index contributed by atoms with van der Waals surface area (Å²) in [5.74, 6) is 0.434. The first kappa shape index (κ1) is 41.4. The molecule has 3 amide bonds. The molecule has 1 fully saturated rings. The molecule has 12 heteroatoms. The summed E-state index contributed by atoms with van der Waals surface area (Å²) in [6, 6.07) is 17.1. The normalized spacial score (nSPS) is 14.5. The topological polar surface area (TPSA) is 151 Å². The van der Waals surface area contributed by atoms with Crippen LogP contribution in [0.25, 0.3) is 6.08 Å². The van der Waals surface area contributed by atoms with Crippen molar-refractivity contribution in [2.75, 3.05) is 26.1 Å². The Kier molecular flexibility index (Phi) is 15.9. The molecule has 3 aromatic carbocycles. The highest BCUT2D eigenvalue weighted by atomic mass is 16.7. The van der Waals surface area contributed by atoms with Crippen molar-refractivity contribution in [2.24, 2.45) is 5.92 Å². The number of anilines is 1. The highest BCUT2D eigenvalue weighted by Crippen LogP contribution is 2.25. The predicted octanol–water partition coefficient (Wildman–Crippen LogP) is 7.81. The standard InChI is InChI=1S/C42H53N3O9/c1-42(2,3)54-41(49)53-34-21-14-29(15-22-34)26-36(44-38(46)25-18-32-27-35(50-4)23-24-37(32)51-5)40(48)43-33-19-16-31(17-20-33)39(47)45-52-28-30-12-10-8-6-7-9-11-13-30/h14-25,27,30,36H,6-13,26,28H2,1-5H3,(H,43,48)(H,44,46)(H,45,47)/b25-18+/t36-/m0/s1. The van der Waals surface area contributed by atoms with Crippen molar-refractivity contribution in [1.29, 1.82) is 0 Å². The molecular formula is C42H53N3O9. The number of hydrogen-bond acceptors (Lipinski definition) is 9. The van der Waals surface area contributed by atoms with Crippen LogP contribution in [-0.2, 0) is 25.6 Å². The first-order valence-electron chi connectivity index (χ1n) is 18.5. The molecule has 0 radical (unpaired) electrons. The average Bonchev–Trinajstić information content (AvgIpc) is 3.28. The summed E-state index contributed by atoms with van der Waals surface area (Å²) in [7, 11) is 3.07. The van der Waals surface area contributed by atoms with Gasteiger partial charge in [0.15, 0.2) is 0 Å². The van der Waals surface area contributed by atoms with E-state index in [2.05, 4.69) is 16.1 Å². The number of benzene rings is 3. The summed E-state index contributed by atoms with van der Waals surface area (Å²) in [4.78, 5) is 57.4. The SMILES string of the molecule is COc1ccc(OC)c(/C=C/C(=O)N[C@@H](Cc2ccc(OC(=O)OC(C)(C)C)cc2)C(=O)Nc2ccc(C(=O)NOCC3CCCCCCCC3)cc2)c1. The number of methoxy groups -OCH3 is 2. The molecule has 54 heavy (non-hydrogen) atoms. The van der Waals surface area contributed by atoms with Crippen molar-refractivity contribution in [2.45, 2.75) is 90.2 Å². The Morgan fingerprint density at radius 2 is 1.46 bits per heavy atom. The zero-order chi connectivity index (χ0) is 38.9. The van der Waals surface area contributed by atoms with Crippen LogP contribution in [0.15, 0.2) is 72.8 Å². The highest BCUT2D eigenvalue weighted by Gasteiger charge is 2.22. The maximum Gasteiger partial charge on any atom is 0.514 e. The van der Waals surface area contributed by atoms with Crippen molar-refractivity contribution in [1.82, 2.24) is 10.8 Å². The van der Waals surface area contributed by atoms with E-state index < -0.39 is 29.6 Å². The Labute approximate surface area is 317 Å². The third-order valence-corrected chi connectivity index (χ3v) is 8.81. The molecule has 290 valence electrons. The summed E-state index contributed by atoms with van der Waals surface area (Å²) in [5, 5.41) is 5.63. The van der Waals surface area contributed by atoms with E-state index in [1.807, 2.05) is 0 Å². The van der Waals surface area contributed by atoms with Gasteiger partial charge in [0, 0.05) is 29.3 Å². The molecule has 1 atom stereocenters. The Morgan fingerprint density at radius 1 is 0.815 bits per heavy atom. The number of hydrogen-bond donors (Lipinski definition) is 3. The van der Waals surface area contributed by atoms with Gasteiger partial charge in [-0.3, -0.25) is 19.2 Å². The van der Waals surface area contributed by atoms with Gasteiger partial charge in [-0.05, 0) is 106 Å². The van der Waals surface area contributed by atoms with E-state index >= 15 is 0 Å². The smallest absolute Gasteiger partial charge is 0.497 e. The zero-order valence-electron chi connectivity index (χ0n) is 31.9. The highest BCUT2D eigenvalue weighted by molar-refractivity contribution is 6.01. The molecule has 1 saturated carbocycles. The molecule has 3 aromatic rings. The molecule has 0 unspecified atom stereocenters. The molecule has 0 saturated heterocycles. The largest absolute Gasteiger partial charge is 0.514 e. The van der Waals surface area contributed by atoms with Gasteiger partial charge in [0.1, 0.15) is 28.9 Å². The molecule has 0 heterocycles. The fraction of sp³-hybridized carbons (Fsp3) is 0.429. The molecular weight excluding hydrogens is 690 g/mol. The van der Waals surface area contributed by atoms with Crippen LogP contribution in [0.5, 0.6) is 17.2 Å². The monoisotopic (exact) mass is 743 g/mol. The Balaban J connectivity index is 1.41. The predicted molar refractivity (Wildman–Crippen MR) is 206 cm³/mol. The molecule has 0 aromatic heterocycles. The molecule has 4 rings (SSSR count). The van der Waals surface area contributed by atoms with Gasteiger partial charge in [-0.1, -0.05) is 50.7 Å². The van der Waals surface area contributed by atoms with Crippen molar-refractivity contribution in [3.05, 3.63) is 89.5 Å². The van der Waals surface area contributed by atoms with Gasteiger partial charge in [-0.25, -0.2) is 10.3 Å². The lowest BCUT2D eigenvalue weighted by Crippen LogP contribution is -2.44. The third-order valence-electron chi connectivity index (χ3n) is 8.81. The Hall–Kier alpha value is -5.36. The number of ether oxygens (including phenoxy) is 4. The van der Waals surface area contributed by atoms with Crippen LogP contribution in [0.4, 0.5) is 10.5 Å². The number of nitrogens with one attached hydrogen (secondary N) is 3. The molecule has 0 bridgehead atoms. The van der Waals surface area contributed by atoms with Crippen LogP contribution >= 0.6 is 0 Å². The van der Waals surface area contributed by atoms with Gasteiger partial charge < -0.3 is 29.6 Å². The summed E-state index contributed by atoms with van der Waals surface area (Å²) >= 11 is 0. The van der Waals surface area contributed by atoms with E-state index in [1.54, 1.807) is 101 Å². The quantitative estimate of drug-likeness (QED) is 0.0650. The van der Waals surface area contributed by atoms with Crippen LogP contribution in [-0.4, -0.2) is 56.3 Å². The van der Waals surface area contributed by atoms with Gasteiger partial charge >= 0.3 is 6.16 Å². The molecule has 1 aliphatic rings. The van der Waals surface area contributed by atoms with E-state index in [0.717, 1.165) is 12.8 Å². The first-order valence-corrected chi connectivity index (χ1v) is 18.5. The molecule has 0 aliphatic heterocycles. The number of hydroxylamine groups is 1. The minimum Gasteiger partial charge on any atom is -0.497 e. The average molecular weight is 744 g/mol. The van der Waals surface area contributed by atoms with E-state index in [1.165, 1.54) is 51.7 Å².